The molecule has 6 rings (SSSR count). The Kier molecular flexibility index (Phi) is 5.17. The van der Waals surface area contributed by atoms with Crippen LogP contribution in [0.5, 0.6) is 0 Å². The molecule has 3 aromatic carbocycles. The van der Waals surface area contributed by atoms with Crippen LogP contribution in [0.2, 0.25) is 10.0 Å². The van der Waals surface area contributed by atoms with E-state index in [-0.39, 0.29) is 11.8 Å². The number of amides is 2. The number of hydrogen-bond acceptors (Lipinski definition) is 4. The molecule has 1 saturated carbocycles. The van der Waals surface area contributed by atoms with Gasteiger partial charge in [-0.25, -0.2) is 0 Å². The van der Waals surface area contributed by atoms with E-state index < -0.39 is 16.7 Å². The van der Waals surface area contributed by atoms with Crippen LogP contribution in [0.3, 0.4) is 0 Å². The molecule has 2 aliphatic heterocycles. The van der Waals surface area contributed by atoms with Crippen LogP contribution in [0.4, 0.5) is 11.4 Å². The molecular weight excluding hydrogens is 507 g/mol. The van der Waals surface area contributed by atoms with Gasteiger partial charge in [0.2, 0.25) is 0 Å². The number of anilines is 2. The van der Waals surface area contributed by atoms with Crippen molar-refractivity contribution < 1.29 is 9.59 Å². The molecule has 0 aromatic heterocycles. The summed E-state index contributed by atoms with van der Waals surface area (Å²) in [4.78, 5) is 28.8. The van der Waals surface area contributed by atoms with E-state index in [1.54, 1.807) is 18.2 Å². The predicted molar refractivity (Wildman–Crippen MR) is 148 cm³/mol. The topological polar surface area (TPSA) is 65.3 Å². The number of rotatable bonds is 3. The largest absolute Gasteiger partial charge is 0.271 e. The number of halogens is 2. The molecule has 0 bridgehead atoms. The highest BCUT2D eigenvalue weighted by Gasteiger charge is 2.91. The molecule has 1 unspecified atom stereocenters. The first-order valence-corrected chi connectivity index (χ1v) is 12.8. The van der Waals surface area contributed by atoms with E-state index in [1.165, 1.54) is 10.0 Å². The van der Waals surface area contributed by atoms with Crippen molar-refractivity contribution in [2.45, 2.75) is 33.6 Å². The van der Waals surface area contributed by atoms with E-state index in [0.717, 1.165) is 11.1 Å². The number of benzene rings is 3. The van der Waals surface area contributed by atoms with Crippen LogP contribution in [0.15, 0.2) is 76.9 Å². The second kappa shape index (κ2) is 8.01. The Morgan fingerprint density at radius 1 is 0.676 bits per heavy atom. The Bertz CT molecular complexity index is 1460. The van der Waals surface area contributed by atoms with Crippen LogP contribution in [0.25, 0.3) is 0 Å². The lowest BCUT2D eigenvalue weighted by atomic mass is 9.85. The van der Waals surface area contributed by atoms with Gasteiger partial charge in [0.25, 0.3) is 11.8 Å². The molecule has 8 heteroatoms. The summed E-state index contributed by atoms with van der Waals surface area (Å²) >= 11 is 12.9. The molecule has 2 heterocycles. The molecule has 2 amide bonds. The first-order chi connectivity index (χ1) is 17.6. The fourth-order valence-corrected chi connectivity index (χ4v) is 6.68. The number of carbonyl (C=O) groups is 2. The van der Waals surface area contributed by atoms with Crippen LogP contribution < -0.4 is 10.0 Å². The molecule has 2 spiro atoms. The number of nitrogens with zero attached hydrogens (tertiary/aromatic N) is 4. The summed E-state index contributed by atoms with van der Waals surface area (Å²) in [6.07, 6.45) is 0. The SMILES string of the molecule is CC1=NN(c2ccc(C)cc2)C(=O)[C@@]12C(c1ccc(Cl)cc1Cl)[C@]21C(=O)N(c2ccc(C)cc2)N=C1C. The Balaban J connectivity index is 1.53. The Morgan fingerprint density at radius 2 is 1.11 bits per heavy atom. The number of hydrogen-bond donors (Lipinski definition) is 0. The molecule has 0 radical (unpaired) electrons. The average Bonchev–Trinajstić information content (AvgIpc) is 3.33. The van der Waals surface area contributed by atoms with Crippen molar-refractivity contribution in [1.82, 2.24) is 0 Å². The summed E-state index contributed by atoms with van der Waals surface area (Å²) in [6, 6.07) is 20.3. The van der Waals surface area contributed by atoms with Gasteiger partial charge in [-0.1, -0.05) is 64.7 Å². The molecule has 37 heavy (non-hydrogen) atoms. The van der Waals surface area contributed by atoms with Crippen LogP contribution in [-0.2, 0) is 9.59 Å². The quantitative estimate of drug-likeness (QED) is 0.386. The number of carbonyl (C=O) groups excluding carboxylic acids is 2. The van der Waals surface area contributed by atoms with Crippen molar-refractivity contribution in [2.24, 2.45) is 21.0 Å². The van der Waals surface area contributed by atoms with Crippen molar-refractivity contribution in [3.63, 3.8) is 0 Å². The predicted octanol–water partition coefficient (Wildman–Crippen LogP) is 6.53. The lowest BCUT2D eigenvalue weighted by molar-refractivity contribution is -0.126. The van der Waals surface area contributed by atoms with Crippen molar-refractivity contribution >= 4 is 57.8 Å². The number of fused-ring (bicyclic) bond motifs is 1. The molecule has 3 atom stereocenters. The van der Waals surface area contributed by atoms with Crippen LogP contribution >= 0.6 is 23.2 Å². The van der Waals surface area contributed by atoms with E-state index in [1.807, 2.05) is 76.2 Å². The average molecular weight is 531 g/mol. The van der Waals surface area contributed by atoms with Crippen molar-refractivity contribution in [2.75, 3.05) is 10.0 Å². The Morgan fingerprint density at radius 3 is 1.51 bits per heavy atom. The minimum Gasteiger partial charge on any atom is -0.271 e. The first-order valence-electron chi connectivity index (χ1n) is 12.0. The summed E-state index contributed by atoms with van der Waals surface area (Å²) in [7, 11) is 0. The van der Waals surface area contributed by atoms with Gasteiger partial charge in [0, 0.05) is 16.0 Å². The highest BCUT2D eigenvalue weighted by Crippen LogP contribution is 2.79. The molecule has 0 saturated heterocycles. The molecule has 6 nitrogen and oxygen atoms in total. The fourth-order valence-electron chi connectivity index (χ4n) is 6.16. The maximum atomic E-state index is 14.4. The van der Waals surface area contributed by atoms with E-state index in [9.17, 15) is 9.59 Å². The van der Waals surface area contributed by atoms with E-state index >= 15 is 0 Å². The standard InChI is InChI=1S/C29H24Cl2N4O2/c1-16-5-10-21(11-6-16)34-26(36)28(18(3)32-34)25(23-14-9-20(30)15-24(23)31)29(28)19(4)33-35(27(29)37)22-12-7-17(2)8-13-22/h5-15,25H,1-4H3/t25?,28-,29+. The molecule has 3 aliphatic rings. The third-order valence-electron chi connectivity index (χ3n) is 7.94. The summed E-state index contributed by atoms with van der Waals surface area (Å²) in [5.74, 6) is -1.11. The molecule has 3 aromatic rings. The van der Waals surface area contributed by atoms with Crippen LogP contribution in [0.1, 0.15) is 36.5 Å². The Hall–Kier alpha value is -3.48. The van der Waals surface area contributed by atoms with Gasteiger partial charge in [0.05, 0.1) is 22.8 Å². The van der Waals surface area contributed by atoms with Gasteiger partial charge in [0.15, 0.2) is 0 Å². The summed E-state index contributed by atoms with van der Waals surface area (Å²) in [6.45, 7) is 7.59. The van der Waals surface area contributed by atoms with E-state index in [0.29, 0.717) is 38.4 Å². The van der Waals surface area contributed by atoms with Gasteiger partial charge in [-0.3, -0.25) is 9.59 Å². The summed E-state index contributed by atoms with van der Waals surface area (Å²) < 4.78 is 0. The van der Waals surface area contributed by atoms with Crippen LogP contribution in [-0.4, -0.2) is 23.2 Å². The lowest BCUT2D eigenvalue weighted by Gasteiger charge is -2.19. The first kappa shape index (κ1) is 23.9. The molecule has 0 N–H and O–H groups in total. The molecule has 1 aliphatic carbocycles. The zero-order valence-corrected chi connectivity index (χ0v) is 22.3. The van der Waals surface area contributed by atoms with E-state index in [4.69, 9.17) is 33.4 Å². The fraction of sp³-hybridized carbons (Fsp3) is 0.241. The highest BCUT2D eigenvalue weighted by atomic mass is 35.5. The second-order valence-corrected chi connectivity index (χ2v) is 10.8. The maximum Gasteiger partial charge on any atom is 0.261 e. The minimum atomic E-state index is -1.25. The van der Waals surface area contributed by atoms with Crippen molar-refractivity contribution in [3.05, 3.63) is 93.5 Å². The third kappa shape index (κ3) is 3.00. The van der Waals surface area contributed by atoms with Crippen molar-refractivity contribution in [3.8, 4) is 0 Å². The third-order valence-corrected chi connectivity index (χ3v) is 8.50. The normalized spacial score (nSPS) is 26.4. The molecule has 186 valence electrons. The van der Waals surface area contributed by atoms with Gasteiger partial charge in [0.1, 0.15) is 10.8 Å². The number of hydrazone groups is 2. The summed E-state index contributed by atoms with van der Waals surface area (Å²) in [5.41, 5.74) is 2.72. The van der Waals surface area contributed by atoms with E-state index in [2.05, 4.69) is 0 Å². The van der Waals surface area contributed by atoms with Gasteiger partial charge < -0.3 is 0 Å². The second-order valence-electron chi connectivity index (χ2n) is 9.99. The smallest absolute Gasteiger partial charge is 0.261 e. The maximum absolute atomic E-state index is 14.4. The highest BCUT2D eigenvalue weighted by molar-refractivity contribution is 6.39. The molecular formula is C29H24Cl2N4O2. The minimum absolute atomic E-state index is 0.265. The van der Waals surface area contributed by atoms with Crippen molar-refractivity contribution in [1.29, 1.82) is 0 Å². The zero-order valence-electron chi connectivity index (χ0n) is 20.8. The van der Waals surface area contributed by atoms with Crippen LogP contribution in [0, 0.1) is 24.7 Å². The Labute approximate surface area is 225 Å². The zero-order chi connectivity index (χ0) is 26.3. The van der Waals surface area contributed by atoms with Gasteiger partial charge in [-0.2, -0.15) is 20.2 Å². The van der Waals surface area contributed by atoms with Gasteiger partial charge >= 0.3 is 0 Å². The van der Waals surface area contributed by atoms with Gasteiger partial charge in [-0.05, 0) is 69.7 Å². The van der Waals surface area contributed by atoms with Gasteiger partial charge in [-0.15, -0.1) is 0 Å². The monoisotopic (exact) mass is 530 g/mol. The molecule has 1 fully saturated rings. The lowest BCUT2D eigenvalue weighted by Crippen LogP contribution is -2.40. The summed E-state index contributed by atoms with van der Waals surface area (Å²) in [5, 5.41) is 13.1. The number of aryl methyl sites for hydroxylation is 2.